The molecule has 1 saturated heterocycles. The number of nitrogens with two attached hydrogens (primary N) is 1. The van der Waals surface area contributed by atoms with Crippen molar-refractivity contribution in [3.05, 3.63) is 60.2 Å². The predicted molar refractivity (Wildman–Crippen MR) is 125 cm³/mol. The number of morpholine rings is 1. The first-order valence-electron chi connectivity index (χ1n) is 10.4. The summed E-state index contributed by atoms with van der Waals surface area (Å²) in [5.74, 6) is -0.380. The highest BCUT2D eigenvalue weighted by molar-refractivity contribution is 6.07. The molecule has 1 aliphatic rings. The molecular weight excluding hydrogens is 405 g/mol. The SMILES string of the molecule is [B]NCCc1cccc(-c2cnc(N)c(C(=O)Nc3cnccc3N3CCOCC3)n2)c1. The predicted octanol–water partition coefficient (Wildman–Crippen LogP) is 1.43. The second-order valence-electron chi connectivity index (χ2n) is 7.34. The number of carbonyl (C=O) groups is 1. The van der Waals surface area contributed by atoms with Crippen LogP contribution in [0, 0.1) is 0 Å². The first-order valence-corrected chi connectivity index (χ1v) is 10.4. The van der Waals surface area contributed by atoms with Gasteiger partial charge >= 0.3 is 0 Å². The molecule has 2 aromatic heterocycles. The van der Waals surface area contributed by atoms with Crippen molar-refractivity contribution in [2.45, 2.75) is 6.42 Å². The van der Waals surface area contributed by atoms with Gasteiger partial charge in [0.25, 0.3) is 5.91 Å². The van der Waals surface area contributed by atoms with E-state index in [-0.39, 0.29) is 11.5 Å². The maximum Gasteiger partial charge on any atom is 0.278 e. The summed E-state index contributed by atoms with van der Waals surface area (Å²) in [5.41, 5.74) is 10.0. The van der Waals surface area contributed by atoms with E-state index in [1.54, 1.807) is 18.6 Å². The number of pyridine rings is 1. The van der Waals surface area contributed by atoms with Crippen LogP contribution in [-0.4, -0.2) is 61.7 Å². The normalized spacial score (nSPS) is 13.7. The van der Waals surface area contributed by atoms with Gasteiger partial charge in [-0.2, -0.15) is 0 Å². The average molecular weight is 429 g/mol. The lowest BCUT2D eigenvalue weighted by Gasteiger charge is -2.30. The Kier molecular flexibility index (Phi) is 6.93. The van der Waals surface area contributed by atoms with Crippen molar-refractivity contribution in [3.63, 3.8) is 0 Å². The zero-order valence-corrected chi connectivity index (χ0v) is 17.6. The van der Waals surface area contributed by atoms with Gasteiger partial charge in [0, 0.05) is 24.8 Å². The monoisotopic (exact) mass is 429 g/mol. The molecule has 0 spiro atoms. The Balaban J connectivity index is 1.58. The molecule has 0 aliphatic carbocycles. The smallest absolute Gasteiger partial charge is 0.278 e. The molecule has 0 bridgehead atoms. The van der Waals surface area contributed by atoms with E-state index in [9.17, 15) is 4.79 Å². The van der Waals surface area contributed by atoms with Crippen LogP contribution in [-0.2, 0) is 11.2 Å². The maximum absolute atomic E-state index is 13.1. The lowest BCUT2D eigenvalue weighted by Crippen LogP contribution is -2.36. The Labute approximate surface area is 187 Å². The van der Waals surface area contributed by atoms with Crippen LogP contribution < -0.4 is 21.2 Å². The first-order chi connectivity index (χ1) is 15.7. The average Bonchev–Trinajstić information content (AvgIpc) is 2.84. The molecule has 32 heavy (non-hydrogen) atoms. The van der Waals surface area contributed by atoms with Crippen LogP contribution in [0.2, 0.25) is 0 Å². The zero-order chi connectivity index (χ0) is 22.3. The maximum atomic E-state index is 13.1. The number of nitrogens with zero attached hydrogens (tertiary/aromatic N) is 4. The van der Waals surface area contributed by atoms with E-state index in [2.05, 4.69) is 30.4 Å². The molecule has 1 aromatic carbocycles. The Bertz CT molecular complexity index is 1090. The van der Waals surface area contributed by atoms with Gasteiger partial charge in [-0.1, -0.05) is 18.2 Å². The molecular formula is C22H24BN7O2. The van der Waals surface area contributed by atoms with Crippen molar-refractivity contribution in [2.75, 3.05) is 48.8 Å². The fraction of sp³-hybridized carbons (Fsp3) is 0.273. The van der Waals surface area contributed by atoms with Gasteiger partial charge in [-0.05, 0) is 30.7 Å². The molecule has 3 heterocycles. The summed E-state index contributed by atoms with van der Waals surface area (Å²) < 4.78 is 5.42. The Morgan fingerprint density at radius 2 is 2.06 bits per heavy atom. The zero-order valence-electron chi connectivity index (χ0n) is 17.6. The van der Waals surface area contributed by atoms with Crippen molar-refractivity contribution < 1.29 is 9.53 Å². The quantitative estimate of drug-likeness (QED) is 0.483. The summed E-state index contributed by atoms with van der Waals surface area (Å²) in [6.45, 7) is 3.40. The van der Waals surface area contributed by atoms with E-state index in [1.807, 2.05) is 30.3 Å². The molecule has 1 amide bonds. The summed E-state index contributed by atoms with van der Waals surface area (Å²) >= 11 is 0. The summed E-state index contributed by atoms with van der Waals surface area (Å²) in [6.07, 6.45) is 5.65. The topological polar surface area (TPSA) is 118 Å². The van der Waals surface area contributed by atoms with Gasteiger partial charge in [0.15, 0.2) is 19.5 Å². The fourth-order valence-electron chi connectivity index (χ4n) is 3.55. The van der Waals surface area contributed by atoms with Crippen molar-refractivity contribution in [1.29, 1.82) is 0 Å². The van der Waals surface area contributed by atoms with E-state index in [1.165, 1.54) is 0 Å². The Hall–Kier alpha value is -3.50. The van der Waals surface area contributed by atoms with E-state index < -0.39 is 5.91 Å². The van der Waals surface area contributed by atoms with Crippen LogP contribution in [0.15, 0.2) is 48.9 Å². The molecule has 162 valence electrons. The Morgan fingerprint density at radius 3 is 2.88 bits per heavy atom. The van der Waals surface area contributed by atoms with Crippen LogP contribution in [0.4, 0.5) is 17.2 Å². The number of hydrogen-bond donors (Lipinski definition) is 3. The third-order valence-electron chi connectivity index (χ3n) is 5.19. The molecule has 4 N–H and O–H groups in total. The fourth-order valence-corrected chi connectivity index (χ4v) is 3.55. The molecule has 10 heteroatoms. The molecule has 4 rings (SSSR count). The largest absolute Gasteiger partial charge is 0.382 e. The minimum Gasteiger partial charge on any atom is -0.382 e. The van der Waals surface area contributed by atoms with Gasteiger partial charge in [-0.15, -0.1) is 0 Å². The number of hydrogen-bond acceptors (Lipinski definition) is 8. The van der Waals surface area contributed by atoms with E-state index >= 15 is 0 Å². The van der Waals surface area contributed by atoms with E-state index in [0.717, 1.165) is 36.3 Å². The summed E-state index contributed by atoms with van der Waals surface area (Å²) in [5, 5.41) is 5.54. The number of rotatable bonds is 7. The molecule has 1 aliphatic heterocycles. The highest BCUT2D eigenvalue weighted by atomic mass is 16.5. The number of ether oxygens (including phenoxy) is 1. The first kappa shape index (κ1) is 21.7. The van der Waals surface area contributed by atoms with Crippen molar-refractivity contribution in [1.82, 2.24) is 20.2 Å². The van der Waals surface area contributed by atoms with Crippen LogP contribution in [0.25, 0.3) is 11.3 Å². The van der Waals surface area contributed by atoms with E-state index in [4.69, 9.17) is 18.5 Å². The molecule has 2 radical (unpaired) electrons. The number of nitrogen functional groups attached to an aromatic ring is 1. The lowest BCUT2D eigenvalue weighted by atomic mass is 10.1. The summed E-state index contributed by atoms with van der Waals surface area (Å²) in [6, 6.07) is 9.72. The highest BCUT2D eigenvalue weighted by Crippen LogP contribution is 2.27. The van der Waals surface area contributed by atoms with Gasteiger partial charge in [0.05, 0.1) is 42.7 Å². The van der Waals surface area contributed by atoms with Gasteiger partial charge in [0.2, 0.25) is 0 Å². The van der Waals surface area contributed by atoms with Gasteiger partial charge in [0.1, 0.15) is 0 Å². The number of aromatic nitrogens is 3. The third kappa shape index (κ3) is 5.04. The molecule has 0 unspecified atom stereocenters. The minimum absolute atomic E-state index is 0.0616. The number of anilines is 3. The van der Waals surface area contributed by atoms with Crippen LogP contribution in [0.1, 0.15) is 16.1 Å². The number of nitrogens with one attached hydrogen (secondary N) is 2. The summed E-state index contributed by atoms with van der Waals surface area (Å²) in [7, 11) is 5.37. The highest BCUT2D eigenvalue weighted by Gasteiger charge is 2.19. The molecule has 1 fully saturated rings. The third-order valence-corrected chi connectivity index (χ3v) is 5.19. The second-order valence-corrected chi connectivity index (χ2v) is 7.34. The van der Waals surface area contributed by atoms with Crippen molar-refractivity contribution in [2.24, 2.45) is 0 Å². The number of amides is 1. The molecule has 3 aromatic rings. The molecule has 0 saturated carbocycles. The van der Waals surface area contributed by atoms with Crippen LogP contribution in [0.5, 0.6) is 0 Å². The standard InChI is InChI=1S/C22H24BN7O2/c23-27-7-4-15-2-1-3-16(12-15)17-14-26-21(24)20(28-17)22(31)29-18-13-25-6-5-19(18)30-8-10-32-11-9-30/h1-3,5-6,12-14,27H,4,7-11H2,(H2,24,26)(H,29,31). The second kappa shape index (κ2) is 10.2. The number of carbonyl (C=O) groups excluding carboxylic acids is 1. The van der Waals surface area contributed by atoms with Crippen LogP contribution in [0.3, 0.4) is 0 Å². The van der Waals surface area contributed by atoms with Crippen molar-refractivity contribution >= 4 is 31.1 Å². The van der Waals surface area contributed by atoms with Gasteiger partial charge in [-0.25, -0.2) is 9.97 Å². The minimum atomic E-state index is -0.442. The van der Waals surface area contributed by atoms with E-state index in [0.29, 0.717) is 31.1 Å². The number of benzene rings is 1. The molecule has 9 nitrogen and oxygen atoms in total. The Morgan fingerprint density at radius 1 is 1.22 bits per heavy atom. The van der Waals surface area contributed by atoms with Crippen LogP contribution >= 0.6 is 0 Å². The van der Waals surface area contributed by atoms with Crippen molar-refractivity contribution in [3.8, 4) is 11.3 Å². The lowest BCUT2D eigenvalue weighted by molar-refractivity contribution is 0.102. The van der Waals surface area contributed by atoms with Gasteiger partial charge in [-0.3, -0.25) is 9.78 Å². The molecule has 0 atom stereocenters. The summed E-state index contributed by atoms with van der Waals surface area (Å²) in [4.78, 5) is 28.1. The van der Waals surface area contributed by atoms with Gasteiger partial charge < -0.3 is 25.9 Å².